The van der Waals surface area contributed by atoms with Gasteiger partial charge in [-0.3, -0.25) is 9.59 Å². The first-order chi connectivity index (χ1) is 13.5. The Labute approximate surface area is 169 Å². The molecular weight excluding hydrogens is 372 g/mol. The molecule has 142 valence electrons. The first kappa shape index (κ1) is 19.6. The molecule has 2 amide bonds. The van der Waals surface area contributed by atoms with Crippen LogP contribution in [0.5, 0.6) is 0 Å². The standard InChI is InChI=1S/C23H21ClN2O2/c1-16-8-7-10-17(14-16)22(27)25-21-13-6-4-11-19(21)23(28)26(2)15-18-9-3-5-12-20(18)24/h3-14H,15H2,1-2H3,(H,25,27). The lowest BCUT2D eigenvalue weighted by atomic mass is 10.1. The van der Waals surface area contributed by atoms with Crippen molar-refractivity contribution in [3.8, 4) is 0 Å². The Hall–Kier alpha value is -3.11. The van der Waals surface area contributed by atoms with Gasteiger partial charge >= 0.3 is 0 Å². The zero-order valence-electron chi connectivity index (χ0n) is 15.8. The second kappa shape index (κ2) is 8.72. The number of carbonyl (C=O) groups excluding carboxylic acids is 2. The number of nitrogens with one attached hydrogen (secondary N) is 1. The van der Waals surface area contributed by atoms with Crippen LogP contribution in [0, 0.1) is 6.92 Å². The van der Waals surface area contributed by atoms with Gasteiger partial charge in [0.05, 0.1) is 11.3 Å². The summed E-state index contributed by atoms with van der Waals surface area (Å²) in [6.45, 7) is 2.30. The van der Waals surface area contributed by atoms with Crippen molar-refractivity contribution in [2.45, 2.75) is 13.5 Å². The van der Waals surface area contributed by atoms with E-state index in [1.54, 1.807) is 48.3 Å². The molecule has 28 heavy (non-hydrogen) atoms. The minimum absolute atomic E-state index is 0.194. The van der Waals surface area contributed by atoms with Gasteiger partial charge in [0.25, 0.3) is 11.8 Å². The van der Waals surface area contributed by atoms with Gasteiger partial charge in [0.15, 0.2) is 0 Å². The lowest BCUT2D eigenvalue weighted by Gasteiger charge is -2.20. The zero-order valence-corrected chi connectivity index (χ0v) is 16.5. The number of hydrogen-bond acceptors (Lipinski definition) is 2. The zero-order chi connectivity index (χ0) is 20.1. The SMILES string of the molecule is Cc1cccc(C(=O)Nc2ccccc2C(=O)N(C)Cc2ccccc2Cl)c1. The first-order valence-electron chi connectivity index (χ1n) is 8.91. The molecule has 0 aliphatic rings. The molecule has 5 heteroatoms. The van der Waals surface area contributed by atoms with Gasteiger partial charge in [-0.1, -0.05) is 59.6 Å². The summed E-state index contributed by atoms with van der Waals surface area (Å²) in [4.78, 5) is 27.2. The van der Waals surface area contributed by atoms with E-state index >= 15 is 0 Å². The quantitative estimate of drug-likeness (QED) is 0.650. The van der Waals surface area contributed by atoms with Crippen molar-refractivity contribution >= 4 is 29.1 Å². The maximum absolute atomic E-state index is 13.0. The molecule has 1 N–H and O–H groups in total. The minimum atomic E-state index is -0.252. The fourth-order valence-corrected chi connectivity index (χ4v) is 3.11. The van der Waals surface area contributed by atoms with Crippen molar-refractivity contribution in [1.29, 1.82) is 0 Å². The van der Waals surface area contributed by atoms with E-state index in [0.29, 0.717) is 28.4 Å². The van der Waals surface area contributed by atoms with Crippen LogP contribution >= 0.6 is 11.6 Å². The van der Waals surface area contributed by atoms with Gasteiger partial charge < -0.3 is 10.2 Å². The molecule has 0 aliphatic heterocycles. The van der Waals surface area contributed by atoms with Crippen LogP contribution in [-0.2, 0) is 6.54 Å². The number of anilines is 1. The van der Waals surface area contributed by atoms with Gasteiger partial charge in [0, 0.05) is 24.2 Å². The number of para-hydroxylation sites is 1. The monoisotopic (exact) mass is 392 g/mol. The predicted molar refractivity (Wildman–Crippen MR) is 113 cm³/mol. The van der Waals surface area contributed by atoms with Gasteiger partial charge in [-0.2, -0.15) is 0 Å². The van der Waals surface area contributed by atoms with Gasteiger partial charge in [-0.05, 0) is 42.8 Å². The van der Waals surface area contributed by atoms with Crippen LogP contribution in [0.25, 0.3) is 0 Å². The molecule has 0 heterocycles. The average Bonchev–Trinajstić information content (AvgIpc) is 2.69. The van der Waals surface area contributed by atoms with Crippen molar-refractivity contribution < 1.29 is 9.59 Å². The summed E-state index contributed by atoms with van der Waals surface area (Å²) in [7, 11) is 1.71. The number of aryl methyl sites for hydroxylation is 1. The number of hydrogen-bond donors (Lipinski definition) is 1. The molecule has 0 spiro atoms. The molecule has 0 unspecified atom stereocenters. The Morgan fingerprint density at radius 2 is 1.68 bits per heavy atom. The van der Waals surface area contributed by atoms with Crippen LogP contribution < -0.4 is 5.32 Å². The normalized spacial score (nSPS) is 10.4. The Bertz CT molecular complexity index is 1020. The van der Waals surface area contributed by atoms with Crippen LogP contribution in [-0.4, -0.2) is 23.8 Å². The second-order valence-electron chi connectivity index (χ2n) is 6.62. The van der Waals surface area contributed by atoms with Crippen LogP contribution in [0.1, 0.15) is 31.8 Å². The molecule has 0 aliphatic carbocycles. The summed E-state index contributed by atoms with van der Waals surface area (Å²) >= 11 is 6.20. The summed E-state index contributed by atoms with van der Waals surface area (Å²) < 4.78 is 0. The number of rotatable bonds is 5. The van der Waals surface area contributed by atoms with Gasteiger partial charge in [0.1, 0.15) is 0 Å². The number of amides is 2. The van der Waals surface area contributed by atoms with E-state index in [2.05, 4.69) is 5.32 Å². The van der Waals surface area contributed by atoms with Crippen molar-refractivity contribution in [3.05, 3.63) is 100 Å². The predicted octanol–water partition coefficient (Wildman–Crippen LogP) is 5.17. The summed E-state index contributed by atoms with van der Waals surface area (Å²) in [5.74, 6) is -0.447. The molecular formula is C23H21ClN2O2. The first-order valence-corrected chi connectivity index (χ1v) is 9.29. The van der Waals surface area contributed by atoms with E-state index < -0.39 is 0 Å². The van der Waals surface area contributed by atoms with E-state index in [0.717, 1.165) is 11.1 Å². The van der Waals surface area contributed by atoms with Gasteiger partial charge in [0.2, 0.25) is 0 Å². The third-order valence-corrected chi connectivity index (χ3v) is 4.77. The summed E-state index contributed by atoms with van der Waals surface area (Å²) in [5, 5.41) is 3.47. The molecule has 0 bridgehead atoms. The van der Waals surface area contributed by atoms with Crippen molar-refractivity contribution in [1.82, 2.24) is 4.90 Å². The molecule has 3 rings (SSSR count). The third-order valence-electron chi connectivity index (χ3n) is 4.40. The summed E-state index contributed by atoms with van der Waals surface area (Å²) in [6.07, 6.45) is 0. The molecule has 0 saturated carbocycles. The summed E-state index contributed by atoms with van der Waals surface area (Å²) in [5.41, 5.74) is 3.31. The lowest BCUT2D eigenvalue weighted by molar-refractivity contribution is 0.0786. The van der Waals surface area contributed by atoms with Crippen molar-refractivity contribution in [3.63, 3.8) is 0 Å². The van der Waals surface area contributed by atoms with Crippen molar-refractivity contribution in [2.75, 3.05) is 12.4 Å². The summed E-state index contributed by atoms with van der Waals surface area (Å²) in [6, 6.07) is 21.7. The van der Waals surface area contributed by atoms with E-state index in [4.69, 9.17) is 11.6 Å². The molecule has 3 aromatic carbocycles. The molecule has 3 aromatic rings. The molecule has 0 radical (unpaired) electrons. The second-order valence-corrected chi connectivity index (χ2v) is 7.03. The number of benzene rings is 3. The average molecular weight is 393 g/mol. The fraction of sp³-hybridized carbons (Fsp3) is 0.130. The van der Waals surface area contributed by atoms with Crippen LogP contribution in [0.4, 0.5) is 5.69 Å². The van der Waals surface area contributed by atoms with E-state index in [1.807, 2.05) is 43.3 Å². The Morgan fingerprint density at radius 1 is 0.964 bits per heavy atom. The van der Waals surface area contributed by atoms with Crippen LogP contribution in [0.15, 0.2) is 72.8 Å². The highest BCUT2D eigenvalue weighted by molar-refractivity contribution is 6.31. The van der Waals surface area contributed by atoms with Crippen LogP contribution in [0.2, 0.25) is 5.02 Å². The molecule has 0 atom stereocenters. The van der Waals surface area contributed by atoms with Gasteiger partial charge in [-0.15, -0.1) is 0 Å². The Kier molecular flexibility index (Phi) is 6.12. The highest BCUT2D eigenvalue weighted by Crippen LogP contribution is 2.21. The Balaban J connectivity index is 1.80. The van der Waals surface area contributed by atoms with Gasteiger partial charge in [-0.25, -0.2) is 0 Å². The largest absolute Gasteiger partial charge is 0.337 e. The van der Waals surface area contributed by atoms with E-state index in [1.165, 1.54) is 0 Å². The smallest absolute Gasteiger partial charge is 0.256 e. The van der Waals surface area contributed by atoms with Crippen molar-refractivity contribution in [2.24, 2.45) is 0 Å². The molecule has 0 fully saturated rings. The maximum atomic E-state index is 13.0. The number of carbonyl (C=O) groups is 2. The maximum Gasteiger partial charge on any atom is 0.256 e. The topological polar surface area (TPSA) is 49.4 Å². The molecule has 4 nitrogen and oxygen atoms in total. The molecule has 0 saturated heterocycles. The third kappa shape index (κ3) is 4.59. The lowest BCUT2D eigenvalue weighted by Crippen LogP contribution is -2.27. The minimum Gasteiger partial charge on any atom is -0.337 e. The highest BCUT2D eigenvalue weighted by Gasteiger charge is 2.18. The van der Waals surface area contributed by atoms with E-state index in [-0.39, 0.29) is 11.8 Å². The fourth-order valence-electron chi connectivity index (χ4n) is 2.92. The van der Waals surface area contributed by atoms with E-state index in [9.17, 15) is 9.59 Å². The highest BCUT2D eigenvalue weighted by atomic mass is 35.5. The number of nitrogens with zero attached hydrogens (tertiary/aromatic N) is 1. The molecule has 0 aromatic heterocycles. The number of halogens is 1. The Morgan fingerprint density at radius 3 is 2.43 bits per heavy atom. The van der Waals surface area contributed by atoms with Crippen LogP contribution in [0.3, 0.4) is 0 Å².